The van der Waals surface area contributed by atoms with Gasteiger partial charge in [-0.25, -0.2) is 9.37 Å². The Hall–Kier alpha value is -3.18. The van der Waals surface area contributed by atoms with E-state index in [-0.39, 0.29) is 5.91 Å². The zero-order valence-corrected chi connectivity index (χ0v) is 22.2. The second-order valence-corrected chi connectivity index (χ2v) is 10.5. The number of amides is 1. The molecular formula is C25H18Cl2FN5O2S2. The van der Waals surface area contributed by atoms with Gasteiger partial charge in [0.15, 0.2) is 10.9 Å². The number of benzene rings is 2. The molecule has 0 saturated heterocycles. The molecule has 3 aromatic heterocycles. The number of thioether (sulfide) groups is 1. The molecule has 0 bridgehead atoms. The van der Waals surface area contributed by atoms with Crippen molar-refractivity contribution in [2.45, 2.75) is 17.3 Å². The first-order valence-corrected chi connectivity index (χ1v) is 13.7. The molecule has 37 heavy (non-hydrogen) atoms. The van der Waals surface area contributed by atoms with E-state index in [9.17, 15) is 9.18 Å². The third-order valence-electron chi connectivity index (χ3n) is 5.27. The summed E-state index contributed by atoms with van der Waals surface area (Å²) in [5.74, 6) is 0.592. The molecule has 3 heterocycles. The van der Waals surface area contributed by atoms with Crippen molar-refractivity contribution in [2.24, 2.45) is 0 Å². The van der Waals surface area contributed by atoms with Crippen LogP contribution < -0.4 is 5.32 Å². The summed E-state index contributed by atoms with van der Waals surface area (Å²) in [7, 11) is 0. The lowest BCUT2D eigenvalue weighted by Crippen LogP contribution is -2.26. The molecule has 188 valence electrons. The minimum absolute atomic E-state index is 0.271. The van der Waals surface area contributed by atoms with Crippen LogP contribution in [0, 0.1) is 5.82 Å². The van der Waals surface area contributed by atoms with Gasteiger partial charge in [0, 0.05) is 22.0 Å². The maximum absolute atomic E-state index is 14.7. The molecule has 0 unspecified atom stereocenters. The fraction of sp³-hybridized carbons (Fsp3) is 0.120. The van der Waals surface area contributed by atoms with Gasteiger partial charge in [-0.3, -0.25) is 9.36 Å². The highest BCUT2D eigenvalue weighted by Gasteiger charge is 2.21. The fourth-order valence-electron chi connectivity index (χ4n) is 3.51. The Morgan fingerprint density at radius 3 is 2.78 bits per heavy atom. The number of hydrogen-bond acceptors (Lipinski definition) is 7. The van der Waals surface area contributed by atoms with Gasteiger partial charge < -0.3 is 9.73 Å². The number of carbonyl (C=O) groups excluding carboxylic acids is 1. The van der Waals surface area contributed by atoms with Gasteiger partial charge in [-0.05, 0) is 48.4 Å². The predicted octanol–water partition coefficient (Wildman–Crippen LogP) is 6.69. The van der Waals surface area contributed by atoms with Gasteiger partial charge in [0.25, 0.3) is 5.91 Å². The van der Waals surface area contributed by atoms with Gasteiger partial charge in [-0.15, -0.1) is 21.5 Å². The number of carbonyl (C=O) groups is 1. The molecule has 0 aliphatic rings. The summed E-state index contributed by atoms with van der Waals surface area (Å²) in [6.45, 7) is 0.406. The van der Waals surface area contributed by atoms with Crippen molar-refractivity contribution in [3.05, 3.63) is 98.4 Å². The molecule has 0 aliphatic carbocycles. The van der Waals surface area contributed by atoms with E-state index in [0.717, 1.165) is 10.6 Å². The minimum atomic E-state index is -0.412. The number of para-hydroxylation sites is 1. The van der Waals surface area contributed by atoms with E-state index in [1.165, 1.54) is 35.4 Å². The maximum Gasteiger partial charge on any atom is 0.270 e. The topological polar surface area (TPSA) is 85.8 Å². The first kappa shape index (κ1) is 25.5. The fourth-order valence-corrected chi connectivity index (χ4v) is 5.75. The summed E-state index contributed by atoms with van der Waals surface area (Å²) in [5, 5.41) is 15.4. The number of hydrogen-bond donors (Lipinski definition) is 1. The van der Waals surface area contributed by atoms with E-state index in [4.69, 9.17) is 27.6 Å². The number of halogens is 3. The molecular weight excluding hydrogens is 556 g/mol. The molecule has 12 heteroatoms. The Labute approximate surface area is 229 Å². The van der Waals surface area contributed by atoms with Gasteiger partial charge in [-0.2, -0.15) is 0 Å². The molecule has 7 nitrogen and oxygen atoms in total. The lowest BCUT2D eigenvalue weighted by molar-refractivity contribution is 0.0949. The van der Waals surface area contributed by atoms with Crippen LogP contribution in [0.15, 0.2) is 75.8 Å². The molecule has 0 saturated carbocycles. The zero-order chi connectivity index (χ0) is 25.8. The number of thiazole rings is 1. The quantitative estimate of drug-likeness (QED) is 0.197. The molecule has 2 aromatic carbocycles. The second kappa shape index (κ2) is 11.5. The predicted molar refractivity (Wildman–Crippen MR) is 143 cm³/mol. The van der Waals surface area contributed by atoms with Crippen LogP contribution in [0.3, 0.4) is 0 Å². The van der Waals surface area contributed by atoms with E-state index in [0.29, 0.717) is 56.9 Å². The number of furan rings is 1. The van der Waals surface area contributed by atoms with Crippen LogP contribution in [0.5, 0.6) is 0 Å². The number of rotatable bonds is 9. The Kier molecular flexibility index (Phi) is 7.90. The van der Waals surface area contributed by atoms with Gasteiger partial charge >= 0.3 is 0 Å². The molecule has 0 spiro atoms. The lowest BCUT2D eigenvalue weighted by Gasteiger charge is -2.09. The molecule has 0 aliphatic heterocycles. The summed E-state index contributed by atoms with van der Waals surface area (Å²) in [5.41, 5.74) is 1.53. The van der Waals surface area contributed by atoms with Crippen molar-refractivity contribution in [1.29, 1.82) is 0 Å². The third kappa shape index (κ3) is 5.88. The SMILES string of the molecule is O=C(NCCc1ccc(Cl)cc1Cl)c1csc(CSc2nnc(-c3ccco3)n2-c2ccccc2F)n1. The Morgan fingerprint density at radius 2 is 2.00 bits per heavy atom. The van der Waals surface area contributed by atoms with Crippen LogP contribution >= 0.6 is 46.3 Å². The monoisotopic (exact) mass is 573 g/mol. The zero-order valence-electron chi connectivity index (χ0n) is 19.0. The van der Waals surface area contributed by atoms with Crippen LogP contribution in [-0.2, 0) is 12.2 Å². The second-order valence-electron chi connectivity index (χ2n) is 7.73. The third-order valence-corrected chi connectivity index (χ3v) is 7.83. The summed E-state index contributed by atoms with van der Waals surface area (Å²) in [4.78, 5) is 17.0. The summed E-state index contributed by atoms with van der Waals surface area (Å²) >= 11 is 14.8. The van der Waals surface area contributed by atoms with Crippen LogP contribution in [0.1, 0.15) is 21.1 Å². The highest BCUT2D eigenvalue weighted by molar-refractivity contribution is 7.98. The number of nitrogens with one attached hydrogen (secondary N) is 1. The summed E-state index contributed by atoms with van der Waals surface area (Å²) < 4.78 is 21.8. The van der Waals surface area contributed by atoms with Crippen LogP contribution in [0.25, 0.3) is 17.3 Å². The molecule has 0 atom stereocenters. The number of nitrogens with zero attached hydrogens (tertiary/aromatic N) is 4. The highest BCUT2D eigenvalue weighted by Crippen LogP contribution is 2.31. The van der Waals surface area contributed by atoms with E-state index in [1.54, 1.807) is 52.4 Å². The Bertz CT molecular complexity index is 1540. The van der Waals surface area contributed by atoms with Gasteiger partial charge in [0.2, 0.25) is 5.82 Å². The van der Waals surface area contributed by atoms with Gasteiger partial charge in [-0.1, -0.05) is 53.2 Å². The summed E-state index contributed by atoms with van der Waals surface area (Å²) in [6, 6.07) is 15.1. The van der Waals surface area contributed by atoms with Crippen molar-refractivity contribution >= 4 is 52.2 Å². The van der Waals surface area contributed by atoms with Crippen LogP contribution in [0.2, 0.25) is 10.0 Å². The van der Waals surface area contributed by atoms with E-state index >= 15 is 0 Å². The molecule has 5 aromatic rings. The average Bonchev–Trinajstić information content (AvgIpc) is 3.65. The largest absolute Gasteiger partial charge is 0.461 e. The molecule has 0 fully saturated rings. The number of aromatic nitrogens is 4. The maximum atomic E-state index is 14.7. The smallest absolute Gasteiger partial charge is 0.270 e. The van der Waals surface area contributed by atoms with Crippen molar-refractivity contribution in [3.8, 4) is 17.3 Å². The standard InChI is InChI=1S/C25H18Cl2FN5O2S2/c26-16-8-7-15(17(27)12-16)9-10-29-24(34)19-13-36-22(30-19)14-37-25-32-31-23(21-6-3-11-35-21)33(25)20-5-2-1-4-18(20)28/h1-8,11-13H,9-10,14H2,(H,29,34). The first-order chi connectivity index (χ1) is 18.0. The Balaban J connectivity index is 1.25. The molecule has 0 radical (unpaired) electrons. The molecule has 1 N–H and O–H groups in total. The molecule has 5 rings (SSSR count). The van der Waals surface area contributed by atoms with E-state index in [1.807, 2.05) is 6.07 Å². The Morgan fingerprint density at radius 1 is 1.14 bits per heavy atom. The highest BCUT2D eigenvalue weighted by atomic mass is 35.5. The van der Waals surface area contributed by atoms with Gasteiger partial charge in [0.1, 0.15) is 16.5 Å². The normalized spacial score (nSPS) is 11.1. The average molecular weight is 574 g/mol. The van der Waals surface area contributed by atoms with Crippen LogP contribution in [0.4, 0.5) is 4.39 Å². The van der Waals surface area contributed by atoms with Gasteiger partial charge in [0.05, 0.1) is 17.7 Å². The van der Waals surface area contributed by atoms with Crippen molar-refractivity contribution in [3.63, 3.8) is 0 Å². The van der Waals surface area contributed by atoms with E-state index < -0.39 is 5.82 Å². The first-order valence-electron chi connectivity index (χ1n) is 11.0. The van der Waals surface area contributed by atoms with Crippen molar-refractivity contribution in [2.75, 3.05) is 6.54 Å². The minimum Gasteiger partial charge on any atom is -0.461 e. The van der Waals surface area contributed by atoms with Crippen molar-refractivity contribution < 1.29 is 13.6 Å². The van der Waals surface area contributed by atoms with Crippen molar-refractivity contribution in [1.82, 2.24) is 25.1 Å². The lowest BCUT2D eigenvalue weighted by atomic mass is 10.1. The molecule has 1 amide bonds. The van der Waals surface area contributed by atoms with E-state index in [2.05, 4.69) is 20.5 Å². The van der Waals surface area contributed by atoms with Crippen LogP contribution in [-0.4, -0.2) is 32.2 Å². The summed E-state index contributed by atoms with van der Waals surface area (Å²) in [6.07, 6.45) is 2.09.